The van der Waals surface area contributed by atoms with E-state index in [1.807, 2.05) is 41.7 Å². The standard InChI is InChI=1S/C26H24F3N3O3/c27-25(28,29)26(34-21-13-7-8-14-22(21)35-26)30-24(33)32-17-15-31(16-18-32)23(19-9-3-1-4-10-19)20-11-5-2-6-12-20/h1-14,23H,15-18H2,(H,30,33)/p+1. The van der Waals surface area contributed by atoms with Gasteiger partial charge in [-0.15, -0.1) is 0 Å². The Hall–Kier alpha value is -3.72. The van der Waals surface area contributed by atoms with Gasteiger partial charge in [-0.1, -0.05) is 72.8 Å². The van der Waals surface area contributed by atoms with Crippen LogP contribution in [0.15, 0.2) is 84.9 Å². The van der Waals surface area contributed by atoms with Crippen LogP contribution >= 0.6 is 0 Å². The number of hydrogen-bond acceptors (Lipinski definition) is 3. The van der Waals surface area contributed by atoms with Gasteiger partial charge in [-0.05, 0) is 12.1 Å². The molecule has 0 radical (unpaired) electrons. The number of ether oxygens (including phenoxy) is 2. The number of amides is 2. The minimum atomic E-state index is -4.99. The number of rotatable bonds is 4. The summed E-state index contributed by atoms with van der Waals surface area (Å²) in [4.78, 5) is 15.5. The molecule has 9 heteroatoms. The molecule has 3 aromatic rings. The first-order valence-corrected chi connectivity index (χ1v) is 11.4. The number of urea groups is 1. The average molecular weight is 484 g/mol. The monoisotopic (exact) mass is 484 g/mol. The summed E-state index contributed by atoms with van der Waals surface area (Å²) in [5.41, 5.74) is 2.29. The lowest BCUT2D eigenvalue weighted by Gasteiger charge is -2.38. The van der Waals surface area contributed by atoms with Crippen LogP contribution in [0.4, 0.5) is 18.0 Å². The third-order valence-corrected chi connectivity index (χ3v) is 6.37. The Balaban J connectivity index is 1.29. The SMILES string of the molecule is O=C(NC1(C(F)(F)F)Oc2ccccc2O1)N1CC[NH+](C(c2ccccc2)c2ccccc2)CC1. The quantitative estimate of drug-likeness (QED) is 0.597. The van der Waals surface area contributed by atoms with Crippen LogP contribution in [0.1, 0.15) is 17.2 Å². The molecule has 0 atom stereocenters. The Labute approximate surface area is 200 Å². The van der Waals surface area contributed by atoms with Crippen molar-refractivity contribution in [3.63, 3.8) is 0 Å². The van der Waals surface area contributed by atoms with Gasteiger partial charge >= 0.3 is 18.1 Å². The highest BCUT2D eigenvalue weighted by atomic mass is 19.4. The van der Waals surface area contributed by atoms with E-state index in [0.29, 0.717) is 13.1 Å². The van der Waals surface area contributed by atoms with Gasteiger partial charge in [0, 0.05) is 11.1 Å². The van der Waals surface area contributed by atoms with E-state index in [0.717, 1.165) is 11.1 Å². The van der Waals surface area contributed by atoms with Gasteiger partial charge in [-0.25, -0.2) is 4.79 Å². The van der Waals surface area contributed by atoms with Crippen molar-refractivity contribution in [1.29, 1.82) is 0 Å². The molecule has 2 N–H and O–H groups in total. The summed E-state index contributed by atoms with van der Waals surface area (Å²) >= 11 is 0. The van der Waals surface area contributed by atoms with Crippen molar-refractivity contribution >= 4 is 6.03 Å². The first-order chi connectivity index (χ1) is 16.9. The molecule has 35 heavy (non-hydrogen) atoms. The number of piperazine rings is 1. The Morgan fingerprint density at radius 2 is 1.29 bits per heavy atom. The molecule has 5 rings (SSSR count). The molecule has 2 amide bonds. The highest BCUT2D eigenvalue weighted by Crippen LogP contribution is 2.44. The number of nitrogens with zero attached hydrogens (tertiary/aromatic N) is 1. The van der Waals surface area contributed by atoms with Crippen LogP contribution < -0.4 is 19.7 Å². The van der Waals surface area contributed by atoms with E-state index in [2.05, 4.69) is 24.3 Å². The van der Waals surface area contributed by atoms with Crippen LogP contribution in [0.5, 0.6) is 11.5 Å². The number of carbonyl (C=O) groups is 1. The first-order valence-electron chi connectivity index (χ1n) is 11.4. The lowest BCUT2D eigenvalue weighted by Crippen LogP contribution is -3.15. The number of fused-ring (bicyclic) bond motifs is 1. The van der Waals surface area contributed by atoms with Gasteiger partial charge in [-0.2, -0.15) is 13.2 Å². The zero-order chi connectivity index (χ0) is 24.5. The predicted molar refractivity (Wildman–Crippen MR) is 122 cm³/mol. The van der Waals surface area contributed by atoms with Gasteiger partial charge in [0.1, 0.15) is 6.04 Å². The minimum absolute atomic E-state index is 0.0557. The van der Waals surface area contributed by atoms with Crippen molar-refractivity contribution in [3.05, 3.63) is 96.1 Å². The summed E-state index contributed by atoms with van der Waals surface area (Å²) in [6.07, 6.45) is -4.99. The predicted octanol–water partition coefficient (Wildman–Crippen LogP) is 3.37. The summed E-state index contributed by atoms with van der Waals surface area (Å²) in [5.74, 6) is -3.41. The molecular formula is C26H25F3N3O3+. The Kier molecular flexibility index (Phi) is 6.02. The maximum Gasteiger partial charge on any atom is 0.492 e. The smallest absolute Gasteiger partial charge is 0.424 e. The number of nitrogens with one attached hydrogen (secondary N) is 2. The molecule has 1 saturated heterocycles. The molecule has 0 unspecified atom stereocenters. The zero-order valence-corrected chi connectivity index (χ0v) is 18.8. The Bertz CT molecular complexity index is 1100. The number of hydrogen-bond donors (Lipinski definition) is 2. The fraction of sp³-hybridized carbons (Fsp3) is 0.269. The van der Waals surface area contributed by atoms with Crippen LogP contribution in [0.25, 0.3) is 0 Å². The lowest BCUT2D eigenvalue weighted by atomic mass is 9.96. The summed E-state index contributed by atoms with van der Waals surface area (Å²) in [5, 5.41) is 1.96. The van der Waals surface area contributed by atoms with Crippen LogP contribution in [0.2, 0.25) is 0 Å². The molecule has 2 aliphatic heterocycles. The van der Waals surface area contributed by atoms with Gasteiger partial charge in [0.05, 0.1) is 26.2 Å². The van der Waals surface area contributed by atoms with E-state index in [1.54, 1.807) is 0 Å². The minimum Gasteiger partial charge on any atom is -0.424 e. The van der Waals surface area contributed by atoms with E-state index in [1.165, 1.54) is 34.1 Å². The van der Waals surface area contributed by atoms with E-state index in [-0.39, 0.29) is 30.6 Å². The number of quaternary nitrogens is 1. The van der Waals surface area contributed by atoms with Crippen LogP contribution in [0.3, 0.4) is 0 Å². The molecule has 2 aliphatic rings. The second-order valence-electron chi connectivity index (χ2n) is 8.60. The Morgan fingerprint density at radius 1 is 0.829 bits per heavy atom. The molecule has 6 nitrogen and oxygen atoms in total. The van der Waals surface area contributed by atoms with E-state index >= 15 is 0 Å². The third-order valence-electron chi connectivity index (χ3n) is 6.37. The number of para-hydroxylation sites is 2. The van der Waals surface area contributed by atoms with Crippen molar-refractivity contribution < 1.29 is 32.3 Å². The zero-order valence-electron chi connectivity index (χ0n) is 18.8. The molecule has 0 aliphatic carbocycles. The maximum atomic E-state index is 14.0. The van der Waals surface area contributed by atoms with Crippen molar-refractivity contribution in [2.75, 3.05) is 26.2 Å². The first kappa shape index (κ1) is 23.0. The van der Waals surface area contributed by atoms with Crippen LogP contribution in [0, 0.1) is 0 Å². The molecule has 0 bridgehead atoms. The molecular weight excluding hydrogens is 459 g/mol. The molecule has 182 valence electrons. The van der Waals surface area contributed by atoms with Gasteiger partial charge in [0.15, 0.2) is 11.5 Å². The van der Waals surface area contributed by atoms with Crippen LogP contribution in [-0.4, -0.2) is 49.2 Å². The fourth-order valence-corrected chi connectivity index (χ4v) is 4.65. The molecule has 0 aromatic heterocycles. The maximum absolute atomic E-state index is 14.0. The van der Waals surface area contributed by atoms with E-state index < -0.39 is 18.1 Å². The number of alkyl halides is 3. The van der Waals surface area contributed by atoms with E-state index in [9.17, 15) is 18.0 Å². The highest BCUT2D eigenvalue weighted by molar-refractivity contribution is 5.75. The summed E-state index contributed by atoms with van der Waals surface area (Å²) < 4.78 is 52.1. The summed E-state index contributed by atoms with van der Waals surface area (Å²) in [7, 11) is 0. The lowest BCUT2D eigenvalue weighted by molar-refractivity contribution is -0.929. The highest BCUT2D eigenvalue weighted by Gasteiger charge is 2.66. The molecule has 3 aromatic carbocycles. The van der Waals surface area contributed by atoms with Crippen LogP contribution in [-0.2, 0) is 0 Å². The molecule has 0 saturated carbocycles. The molecule has 1 fully saturated rings. The largest absolute Gasteiger partial charge is 0.492 e. The second kappa shape index (κ2) is 9.14. The number of benzene rings is 3. The molecule has 0 spiro atoms. The van der Waals surface area contributed by atoms with Crippen molar-refractivity contribution in [2.24, 2.45) is 0 Å². The van der Waals surface area contributed by atoms with Gasteiger partial charge in [-0.3, -0.25) is 5.32 Å². The van der Waals surface area contributed by atoms with Crippen molar-refractivity contribution in [3.8, 4) is 11.5 Å². The van der Waals surface area contributed by atoms with Crippen molar-refractivity contribution in [2.45, 2.75) is 18.1 Å². The number of halogens is 3. The fourth-order valence-electron chi connectivity index (χ4n) is 4.65. The second-order valence-corrected chi connectivity index (χ2v) is 8.60. The van der Waals surface area contributed by atoms with Gasteiger partial charge in [0.2, 0.25) is 0 Å². The number of carbonyl (C=O) groups excluding carboxylic acids is 1. The van der Waals surface area contributed by atoms with E-state index in [4.69, 9.17) is 9.47 Å². The molecule has 2 heterocycles. The Morgan fingerprint density at radius 3 is 1.74 bits per heavy atom. The third kappa shape index (κ3) is 4.51. The topological polar surface area (TPSA) is 55.2 Å². The van der Waals surface area contributed by atoms with Crippen molar-refractivity contribution in [1.82, 2.24) is 10.2 Å². The normalized spacial score (nSPS) is 17.4. The van der Waals surface area contributed by atoms with Gasteiger partial charge in [0.25, 0.3) is 0 Å². The summed E-state index contributed by atoms with van der Waals surface area (Å²) in [6.45, 7) is 1.72. The average Bonchev–Trinajstić information content (AvgIpc) is 3.25. The van der Waals surface area contributed by atoms with Gasteiger partial charge < -0.3 is 19.3 Å². The summed E-state index contributed by atoms with van der Waals surface area (Å²) in [6, 6.07) is 25.2.